The van der Waals surface area contributed by atoms with Gasteiger partial charge in [-0.3, -0.25) is 0 Å². The Hall–Kier alpha value is 0.137. The Balaban J connectivity index is 4.03. The largest absolute Gasteiger partial charge is 0.394 e. The zero-order valence-electron chi connectivity index (χ0n) is 10.3. The molecule has 0 saturated carbocycles. The standard InChI is InChI=1S/C11H26O2Si/c1-5-9-10-11-14(8-4,12-6-2)13-7-3/h5-11H2,1-4H3. The van der Waals surface area contributed by atoms with E-state index in [1.165, 1.54) is 25.3 Å². The van der Waals surface area contributed by atoms with Crippen molar-refractivity contribution < 1.29 is 8.85 Å². The van der Waals surface area contributed by atoms with E-state index >= 15 is 0 Å². The molecule has 0 saturated heterocycles. The second-order valence-electron chi connectivity index (χ2n) is 3.59. The molecule has 0 amide bonds. The van der Waals surface area contributed by atoms with Crippen molar-refractivity contribution >= 4 is 8.56 Å². The minimum absolute atomic E-state index is 0.798. The van der Waals surface area contributed by atoms with Gasteiger partial charge in [0.05, 0.1) is 0 Å². The lowest BCUT2D eigenvalue weighted by Gasteiger charge is -2.28. The van der Waals surface area contributed by atoms with E-state index in [4.69, 9.17) is 8.85 Å². The van der Waals surface area contributed by atoms with Crippen LogP contribution in [-0.2, 0) is 8.85 Å². The van der Waals surface area contributed by atoms with Crippen molar-refractivity contribution in [1.29, 1.82) is 0 Å². The van der Waals surface area contributed by atoms with Crippen LogP contribution in [0.2, 0.25) is 12.1 Å². The summed E-state index contributed by atoms with van der Waals surface area (Å²) in [5.74, 6) is 0. The van der Waals surface area contributed by atoms with Crippen LogP contribution in [0.25, 0.3) is 0 Å². The Morgan fingerprint density at radius 1 is 0.857 bits per heavy atom. The normalized spacial score (nSPS) is 12.0. The van der Waals surface area contributed by atoms with Crippen molar-refractivity contribution in [1.82, 2.24) is 0 Å². The van der Waals surface area contributed by atoms with Crippen LogP contribution in [0.4, 0.5) is 0 Å². The van der Waals surface area contributed by atoms with Crippen LogP contribution in [0.1, 0.15) is 47.0 Å². The van der Waals surface area contributed by atoms with Crippen molar-refractivity contribution in [2.45, 2.75) is 59.0 Å². The zero-order chi connectivity index (χ0) is 10.9. The summed E-state index contributed by atoms with van der Waals surface area (Å²) >= 11 is 0. The summed E-state index contributed by atoms with van der Waals surface area (Å²) in [6.45, 7) is 10.2. The molecule has 0 aromatic carbocycles. The van der Waals surface area contributed by atoms with Gasteiger partial charge in [0, 0.05) is 13.2 Å². The molecule has 0 bridgehead atoms. The molecule has 14 heavy (non-hydrogen) atoms. The van der Waals surface area contributed by atoms with Crippen LogP contribution in [0.15, 0.2) is 0 Å². The molecule has 0 N–H and O–H groups in total. The fourth-order valence-electron chi connectivity index (χ4n) is 1.74. The molecular weight excluding hydrogens is 192 g/mol. The van der Waals surface area contributed by atoms with Gasteiger partial charge in [-0.05, 0) is 25.9 Å². The lowest BCUT2D eigenvalue weighted by molar-refractivity contribution is 0.182. The third-order valence-corrected chi connectivity index (χ3v) is 6.34. The monoisotopic (exact) mass is 218 g/mol. The minimum atomic E-state index is -1.81. The summed E-state index contributed by atoms with van der Waals surface area (Å²) in [4.78, 5) is 0. The molecule has 0 rings (SSSR count). The molecule has 0 radical (unpaired) electrons. The lowest BCUT2D eigenvalue weighted by atomic mass is 10.3. The van der Waals surface area contributed by atoms with Crippen molar-refractivity contribution in [3.63, 3.8) is 0 Å². The molecule has 86 valence electrons. The summed E-state index contributed by atoms with van der Waals surface area (Å²) in [7, 11) is -1.81. The van der Waals surface area contributed by atoms with Gasteiger partial charge in [0.15, 0.2) is 0 Å². The molecule has 0 heterocycles. The molecule has 0 aliphatic carbocycles. The minimum Gasteiger partial charge on any atom is -0.394 e. The molecule has 0 spiro atoms. The van der Waals surface area contributed by atoms with Crippen molar-refractivity contribution in [2.24, 2.45) is 0 Å². The van der Waals surface area contributed by atoms with E-state index in [0.29, 0.717) is 0 Å². The molecule has 0 aliphatic rings. The third kappa shape index (κ3) is 5.13. The van der Waals surface area contributed by atoms with Gasteiger partial charge in [-0.2, -0.15) is 0 Å². The van der Waals surface area contributed by atoms with Crippen molar-refractivity contribution in [2.75, 3.05) is 13.2 Å². The van der Waals surface area contributed by atoms with Gasteiger partial charge in [-0.25, -0.2) is 0 Å². The lowest BCUT2D eigenvalue weighted by Crippen LogP contribution is -2.41. The second kappa shape index (κ2) is 8.45. The summed E-state index contributed by atoms with van der Waals surface area (Å²) < 4.78 is 11.8. The van der Waals surface area contributed by atoms with Crippen LogP contribution in [-0.4, -0.2) is 21.8 Å². The highest BCUT2D eigenvalue weighted by Crippen LogP contribution is 2.22. The molecule has 3 heteroatoms. The molecule has 2 nitrogen and oxygen atoms in total. The zero-order valence-corrected chi connectivity index (χ0v) is 11.3. The Bertz CT molecular complexity index is 122. The predicted octanol–water partition coefficient (Wildman–Crippen LogP) is 3.71. The highest BCUT2D eigenvalue weighted by atomic mass is 28.4. The molecule has 0 aromatic rings. The average molecular weight is 218 g/mol. The highest BCUT2D eigenvalue weighted by Gasteiger charge is 2.33. The van der Waals surface area contributed by atoms with E-state index in [1.54, 1.807) is 0 Å². The quantitative estimate of drug-likeness (QED) is 0.434. The summed E-state index contributed by atoms with van der Waals surface area (Å²) in [5.41, 5.74) is 0. The summed E-state index contributed by atoms with van der Waals surface area (Å²) in [5, 5.41) is 0. The van der Waals surface area contributed by atoms with Gasteiger partial charge in [0.2, 0.25) is 0 Å². The first-order valence-electron chi connectivity index (χ1n) is 6.02. The Morgan fingerprint density at radius 2 is 1.43 bits per heavy atom. The van der Waals surface area contributed by atoms with Gasteiger partial charge < -0.3 is 8.85 Å². The van der Waals surface area contributed by atoms with Crippen LogP contribution >= 0.6 is 0 Å². The van der Waals surface area contributed by atoms with Crippen LogP contribution in [0.3, 0.4) is 0 Å². The average Bonchev–Trinajstić information content (AvgIpc) is 2.19. The van der Waals surface area contributed by atoms with E-state index in [0.717, 1.165) is 19.3 Å². The second-order valence-corrected chi connectivity index (χ2v) is 7.19. The summed E-state index contributed by atoms with van der Waals surface area (Å²) in [6.07, 6.45) is 3.83. The molecular formula is C11H26O2Si. The Labute approximate surface area is 90.2 Å². The first-order valence-corrected chi connectivity index (χ1v) is 8.25. The fraction of sp³-hybridized carbons (Fsp3) is 1.00. The van der Waals surface area contributed by atoms with Gasteiger partial charge in [0.25, 0.3) is 0 Å². The molecule has 0 fully saturated rings. The van der Waals surface area contributed by atoms with E-state index in [-0.39, 0.29) is 0 Å². The number of rotatable bonds is 9. The summed E-state index contributed by atoms with van der Waals surface area (Å²) in [6, 6.07) is 2.25. The van der Waals surface area contributed by atoms with Gasteiger partial charge in [-0.15, -0.1) is 0 Å². The van der Waals surface area contributed by atoms with E-state index in [9.17, 15) is 0 Å². The van der Waals surface area contributed by atoms with Gasteiger partial charge in [0.1, 0.15) is 0 Å². The molecule has 0 aromatic heterocycles. The maximum Gasteiger partial charge on any atom is 0.337 e. The Morgan fingerprint density at radius 3 is 1.79 bits per heavy atom. The number of unbranched alkanes of at least 4 members (excludes halogenated alkanes) is 2. The predicted molar refractivity (Wildman–Crippen MR) is 63.8 cm³/mol. The first kappa shape index (κ1) is 14.1. The van der Waals surface area contributed by atoms with Crippen LogP contribution in [0.5, 0.6) is 0 Å². The molecule has 0 aliphatic heterocycles. The third-order valence-electron chi connectivity index (χ3n) is 2.51. The molecule has 0 unspecified atom stereocenters. The van der Waals surface area contributed by atoms with E-state index < -0.39 is 8.56 Å². The molecule has 0 atom stereocenters. The van der Waals surface area contributed by atoms with Gasteiger partial charge >= 0.3 is 8.56 Å². The highest BCUT2D eigenvalue weighted by molar-refractivity contribution is 6.67. The van der Waals surface area contributed by atoms with Gasteiger partial charge in [-0.1, -0.05) is 33.1 Å². The Kier molecular flexibility index (Phi) is 8.53. The van der Waals surface area contributed by atoms with Crippen molar-refractivity contribution in [3.05, 3.63) is 0 Å². The van der Waals surface area contributed by atoms with E-state index in [2.05, 4.69) is 27.7 Å². The maximum absolute atomic E-state index is 5.88. The first-order chi connectivity index (χ1) is 6.74. The fourth-order valence-corrected chi connectivity index (χ4v) is 4.71. The van der Waals surface area contributed by atoms with Crippen molar-refractivity contribution in [3.8, 4) is 0 Å². The van der Waals surface area contributed by atoms with Crippen LogP contribution < -0.4 is 0 Å². The number of hydrogen-bond donors (Lipinski definition) is 0. The number of hydrogen-bond acceptors (Lipinski definition) is 2. The topological polar surface area (TPSA) is 18.5 Å². The van der Waals surface area contributed by atoms with E-state index in [1.807, 2.05) is 0 Å². The maximum atomic E-state index is 5.88. The van der Waals surface area contributed by atoms with Crippen LogP contribution in [0, 0.1) is 0 Å². The smallest absolute Gasteiger partial charge is 0.337 e. The SMILES string of the molecule is CCCCC[Si](CC)(OCC)OCC.